The van der Waals surface area contributed by atoms with Crippen molar-refractivity contribution in [2.75, 3.05) is 34.1 Å². The predicted octanol–water partition coefficient (Wildman–Crippen LogP) is 2.07. The van der Waals surface area contributed by atoms with Crippen molar-refractivity contribution in [1.29, 1.82) is 0 Å². The van der Waals surface area contributed by atoms with Crippen molar-refractivity contribution in [2.24, 2.45) is 11.8 Å². The van der Waals surface area contributed by atoms with Crippen LogP contribution in [0.2, 0.25) is 0 Å². The molecule has 0 aliphatic carbocycles. The van der Waals surface area contributed by atoms with Gasteiger partial charge in [-0.1, -0.05) is 24.3 Å². The first-order valence-electron chi connectivity index (χ1n) is 12.0. The topological polar surface area (TPSA) is 95.6 Å². The third kappa shape index (κ3) is 3.65. The Kier molecular flexibility index (Phi) is 5.52. The highest BCUT2D eigenvalue weighted by Gasteiger charge is 2.66. The lowest BCUT2D eigenvalue weighted by atomic mass is 9.77. The maximum absolute atomic E-state index is 13.5. The largest absolute Gasteiger partial charge is 0.493 e. The van der Waals surface area contributed by atoms with Crippen LogP contribution in [-0.4, -0.2) is 62.5 Å². The van der Waals surface area contributed by atoms with Gasteiger partial charge in [0.1, 0.15) is 5.60 Å². The highest BCUT2D eigenvalue weighted by atomic mass is 16.7. The van der Waals surface area contributed by atoms with Crippen LogP contribution in [0.3, 0.4) is 0 Å². The monoisotopic (exact) mass is 492 g/mol. The zero-order valence-corrected chi connectivity index (χ0v) is 20.2. The summed E-state index contributed by atoms with van der Waals surface area (Å²) in [7, 11) is 3.19. The molecule has 0 aromatic heterocycles. The first-order valence-corrected chi connectivity index (χ1v) is 12.0. The molecule has 2 bridgehead atoms. The number of ether oxygens (including phenoxy) is 5. The molecule has 1 spiro atoms. The van der Waals surface area contributed by atoms with E-state index in [1.54, 1.807) is 19.1 Å². The highest BCUT2D eigenvalue weighted by Crippen LogP contribution is 2.52. The minimum Gasteiger partial charge on any atom is -0.493 e. The van der Waals surface area contributed by atoms with Crippen LogP contribution >= 0.6 is 0 Å². The van der Waals surface area contributed by atoms with Crippen LogP contribution in [0, 0.1) is 11.8 Å². The van der Waals surface area contributed by atoms with Crippen molar-refractivity contribution in [3.05, 3.63) is 59.7 Å². The Morgan fingerprint density at radius 1 is 1.08 bits per heavy atom. The number of carbonyl (C=O) groups excluding carboxylic acids is 2. The molecule has 4 heterocycles. The molecule has 188 valence electrons. The SMILES string of the molecule is COc1ccc(CCNC(=O)C2[C@H]3C(=O)N(Cc4ccc5c(c4)OCO5)C[C@]34C=C[C@H]2O4)cc1OC. The molecular formula is C27H28N2O7. The zero-order chi connectivity index (χ0) is 24.9. The number of carbonyl (C=O) groups is 2. The van der Waals surface area contributed by atoms with Crippen LogP contribution in [0.25, 0.3) is 0 Å². The standard InChI is InChI=1S/C27H28N2O7/c1-32-18-5-3-16(11-21(18)33-2)8-10-28-25(30)23-20-7-9-27(36-20)14-29(26(31)24(23)27)13-17-4-6-19-22(12-17)35-15-34-19/h3-7,9,11-12,20,23-24H,8,10,13-15H2,1-2H3,(H,28,30)/t20-,23?,24+,27-/m1/s1. The number of nitrogens with one attached hydrogen (secondary N) is 1. The summed E-state index contributed by atoms with van der Waals surface area (Å²) in [4.78, 5) is 28.5. The second-order valence-corrected chi connectivity index (χ2v) is 9.51. The van der Waals surface area contributed by atoms with Crippen LogP contribution in [0.4, 0.5) is 0 Å². The fraction of sp³-hybridized carbons (Fsp3) is 0.407. The minimum atomic E-state index is -0.747. The molecule has 9 heteroatoms. The van der Waals surface area contributed by atoms with Crippen molar-refractivity contribution in [3.63, 3.8) is 0 Å². The molecule has 0 radical (unpaired) electrons. The minimum absolute atomic E-state index is 0.0560. The zero-order valence-electron chi connectivity index (χ0n) is 20.2. The Labute approximate surface area is 208 Å². The number of rotatable bonds is 8. The van der Waals surface area contributed by atoms with E-state index in [1.165, 1.54) is 0 Å². The molecule has 2 aromatic carbocycles. The summed E-state index contributed by atoms with van der Waals surface area (Å²) in [5, 5.41) is 3.02. The third-order valence-electron chi connectivity index (χ3n) is 7.45. The molecule has 9 nitrogen and oxygen atoms in total. The van der Waals surface area contributed by atoms with Gasteiger partial charge in [0.25, 0.3) is 0 Å². The molecule has 2 amide bonds. The van der Waals surface area contributed by atoms with Crippen molar-refractivity contribution in [2.45, 2.75) is 24.7 Å². The number of likely N-dealkylation sites (tertiary alicyclic amines) is 1. The summed E-state index contributed by atoms with van der Waals surface area (Å²) >= 11 is 0. The Morgan fingerprint density at radius 3 is 2.72 bits per heavy atom. The van der Waals surface area contributed by atoms with E-state index in [2.05, 4.69) is 5.32 Å². The van der Waals surface area contributed by atoms with Gasteiger partial charge in [0, 0.05) is 13.1 Å². The summed E-state index contributed by atoms with van der Waals surface area (Å²) in [5.41, 5.74) is 1.21. The van der Waals surface area contributed by atoms with E-state index in [-0.39, 0.29) is 24.7 Å². The van der Waals surface area contributed by atoms with Crippen molar-refractivity contribution in [1.82, 2.24) is 10.2 Å². The smallest absolute Gasteiger partial charge is 0.231 e. The molecule has 1 N–H and O–H groups in total. The van der Waals surface area contributed by atoms with E-state index in [1.807, 2.05) is 48.6 Å². The summed E-state index contributed by atoms with van der Waals surface area (Å²) in [6.45, 7) is 1.49. The van der Waals surface area contributed by atoms with Crippen molar-refractivity contribution >= 4 is 11.8 Å². The molecule has 4 atom stereocenters. The van der Waals surface area contributed by atoms with Crippen LogP contribution < -0.4 is 24.3 Å². The molecule has 2 saturated heterocycles. The predicted molar refractivity (Wildman–Crippen MR) is 128 cm³/mol. The fourth-order valence-corrected chi connectivity index (χ4v) is 5.76. The van der Waals surface area contributed by atoms with Gasteiger partial charge in [-0.2, -0.15) is 0 Å². The van der Waals surface area contributed by atoms with Gasteiger partial charge >= 0.3 is 0 Å². The number of fused-ring (bicyclic) bond motifs is 2. The number of benzene rings is 2. The van der Waals surface area contributed by atoms with Crippen molar-refractivity contribution in [3.8, 4) is 23.0 Å². The lowest BCUT2D eigenvalue weighted by Gasteiger charge is -2.23. The third-order valence-corrected chi connectivity index (χ3v) is 7.45. The fourth-order valence-electron chi connectivity index (χ4n) is 5.76. The first-order chi connectivity index (χ1) is 17.5. The second-order valence-electron chi connectivity index (χ2n) is 9.51. The number of methoxy groups -OCH3 is 2. The summed E-state index contributed by atoms with van der Waals surface area (Å²) in [6, 6.07) is 11.4. The summed E-state index contributed by atoms with van der Waals surface area (Å²) < 4.78 is 27.7. The van der Waals surface area contributed by atoms with Gasteiger partial charge in [-0.25, -0.2) is 0 Å². The molecule has 2 aromatic rings. The van der Waals surface area contributed by atoms with E-state index in [9.17, 15) is 9.59 Å². The number of hydrogen-bond acceptors (Lipinski definition) is 7. The van der Waals surface area contributed by atoms with Gasteiger partial charge in [-0.05, 0) is 41.8 Å². The molecule has 4 aliphatic heterocycles. The van der Waals surface area contributed by atoms with Gasteiger partial charge < -0.3 is 33.9 Å². The van der Waals surface area contributed by atoms with Gasteiger partial charge in [0.2, 0.25) is 18.6 Å². The molecule has 1 unspecified atom stereocenters. The van der Waals surface area contributed by atoms with Crippen molar-refractivity contribution < 1.29 is 33.3 Å². The summed E-state index contributed by atoms with van der Waals surface area (Å²) in [5.74, 6) is 1.41. The van der Waals surface area contributed by atoms with Gasteiger partial charge in [-0.15, -0.1) is 0 Å². The normalized spacial score (nSPS) is 26.9. The molecule has 6 rings (SSSR count). The highest BCUT2D eigenvalue weighted by molar-refractivity contribution is 5.93. The van der Waals surface area contributed by atoms with Crippen LogP contribution in [-0.2, 0) is 27.3 Å². The molecule has 2 fully saturated rings. The average molecular weight is 493 g/mol. The lowest BCUT2D eigenvalue weighted by Crippen LogP contribution is -2.44. The lowest BCUT2D eigenvalue weighted by molar-refractivity contribution is -0.137. The number of hydrogen-bond donors (Lipinski definition) is 1. The molecular weight excluding hydrogens is 464 g/mol. The summed E-state index contributed by atoms with van der Waals surface area (Å²) in [6.07, 6.45) is 4.13. The van der Waals surface area contributed by atoms with Gasteiger partial charge in [-0.3, -0.25) is 9.59 Å². The van der Waals surface area contributed by atoms with Crippen LogP contribution in [0.5, 0.6) is 23.0 Å². The molecule has 0 saturated carbocycles. The van der Waals surface area contributed by atoms with Gasteiger partial charge in [0.05, 0.1) is 38.7 Å². The Bertz CT molecular complexity index is 1240. The Hall–Kier alpha value is -3.72. The van der Waals surface area contributed by atoms with E-state index in [0.29, 0.717) is 49.1 Å². The van der Waals surface area contributed by atoms with E-state index in [0.717, 1.165) is 11.1 Å². The maximum atomic E-state index is 13.5. The first kappa shape index (κ1) is 22.7. The van der Waals surface area contributed by atoms with Crippen LogP contribution in [0.15, 0.2) is 48.6 Å². The number of amides is 2. The van der Waals surface area contributed by atoms with Gasteiger partial charge in [0.15, 0.2) is 23.0 Å². The molecule has 36 heavy (non-hydrogen) atoms. The van der Waals surface area contributed by atoms with E-state index in [4.69, 9.17) is 23.7 Å². The van der Waals surface area contributed by atoms with Crippen LogP contribution in [0.1, 0.15) is 11.1 Å². The quantitative estimate of drug-likeness (QED) is 0.564. The van der Waals surface area contributed by atoms with E-state index < -0.39 is 17.4 Å². The molecule has 4 aliphatic rings. The second kappa shape index (κ2) is 8.74. The average Bonchev–Trinajstić information content (AvgIpc) is 3.65. The number of nitrogens with zero attached hydrogens (tertiary/aromatic N) is 1. The Balaban J connectivity index is 1.12. The van der Waals surface area contributed by atoms with E-state index >= 15 is 0 Å². The maximum Gasteiger partial charge on any atom is 0.231 e. The Morgan fingerprint density at radius 2 is 1.89 bits per heavy atom.